The zero-order valence-corrected chi connectivity index (χ0v) is 18.4. The predicted molar refractivity (Wildman–Crippen MR) is 125 cm³/mol. The summed E-state index contributed by atoms with van der Waals surface area (Å²) in [4.78, 5) is 14.5. The van der Waals surface area contributed by atoms with E-state index in [0.717, 1.165) is 33.2 Å². The summed E-state index contributed by atoms with van der Waals surface area (Å²) >= 11 is 12.4. The molecule has 0 aliphatic heterocycles. The van der Waals surface area contributed by atoms with Crippen LogP contribution in [0, 0.1) is 5.92 Å². The highest BCUT2D eigenvalue weighted by Gasteiger charge is 2.15. The number of aromatic nitrogens is 1. The zero-order valence-electron chi connectivity index (χ0n) is 16.9. The third-order valence-corrected chi connectivity index (χ3v) is 6.14. The smallest absolute Gasteiger partial charge is 0.306 e. The highest BCUT2D eigenvalue weighted by molar-refractivity contribution is 6.42. The average molecular weight is 454 g/mol. The molecule has 1 atom stereocenters. The molecule has 4 aromatic rings. The summed E-state index contributed by atoms with van der Waals surface area (Å²) in [6.45, 7) is 1.98. The number of aromatic amines is 1. The molecule has 0 aliphatic carbocycles. The van der Waals surface area contributed by atoms with E-state index in [1.165, 1.54) is 0 Å². The Bertz CT molecular complexity index is 1250. The van der Waals surface area contributed by atoms with Crippen LogP contribution in [0.3, 0.4) is 0 Å². The minimum absolute atomic E-state index is 0.268. The Balaban J connectivity index is 1.70. The normalized spacial score (nSPS) is 12.1. The van der Waals surface area contributed by atoms with E-state index >= 15 is 0 Å². The van der Waals surface area contributed by atoms with Crippen LogP contribution in [-0.4, -0.2) is 16.1 Å². The van der Waals surface area contributed by atoms with Gasteiger partial charge in [0.25, 0.3) is 0 Å². The van der Waals surface area contributed by atoms with Crippen LogP contribution in [0.2, 0.25) is 10.0 Å². The SMILES string of the molecule is CC(Cc1ccc(OCc2cccc(Cl)c2Cl)c(-c2ccc3[nH]ccc3c2)c1)C(=O)O. The number of hydrogen-bond acceptors (Lipinski definition) is 2. The Morgan fingerprint density at radius 2 is 1.94 bits per heavy atom. The number of carboxylic acids is 1. The van der Waals surface area contributed by atoms with Gasteiger partial charge in [0.2, 0.25) is 0 Å². The molecule has 4 nitrogen and oxygen atoms in total. The van der Waals surface area contributed by atoms with Crippen LogP contribution in [-0.2, 0) is 17.8 Å². The van der Waals surface area contributed by atoms with Crippen LogP contribution in [0.15, 0.2) is 66.9 Å². The molecule has 0 fully saturated rings. The fourth-order valence-electron chi connectivity index (χ4n) is 3.53. The molecule has 2 N–H and O–H groups in total. The molecule has 31 heavy (non-hydrogen) atoms. The van der Waals surface area contributed by atoms with Gasteiger partial charge >= 0.3 is 5.97 Å². The Labute approximate surface area is 190 Å². The lowest BCUT2D eigenvalue weighted by atomic mass is 9.96. The second kappa shape index (κ2) is 9.04. The summed E-state index contributed by atoms with van der Waals surface area (Å²) in [6, 6.07) is 19.4. The average Bonchev–Trinajstić information content (AvgIpc) is 3.23. The molecular formula is C25H21Cl2NO3. The molecule has 0 radical (unpaired) electrons. The van der Waals surface area contributed by atoms with E-state index in [0.29, 0.717) is 22.2 Å². The molecule has 1 heterocycles. The summed E-state index contributed by atoms with van der Waals surface area (Å²) in [5.41, 5.74) is 4.67. The maximum Gasteiger partial charge on any atom is 0.306 e. The van der Waals surface area contributed by atoms with Crippen molar-refractivity contribution >= 4 is 40.1 Å². The molecule has 3 aromatic carbocycles. The zero-order chi connectivity index (χ0) is 22.0. The number of benzene rings is 3. The van der Waals surface area contributed by atoms with Crippen molar-refractivity contribution in [2.45, 2.75) is 20.0 Å². The first-order chi connectivity index (χ1) is 14.9. The van der Waals surface area contributed by atoms with Crippen molar-refractivity contribution in [3.63, 3.8) is 0 Å². The maximum atomic E-state index is 11.3. The van der Waals surface area contributed by atoms with Gasteiger partial charge in [0.1, 0.15) is 12.4 Å². The Morgan fingerprint density at radius 3 is 2.74 bits per heavy atom. The highest BCUT2D eigenvalue weighted by Crippen LogP contribution is 2.35. The summed E-state index contributed by atoms with van der Waals surface area (Å²) in [7, 11) is 0. The number of nitrogens with one attached hydrogen (secondary N) is 1. The Morgan fingerprint density at radius 1 is 1.10 bits per heavy atom. The van der Waals surface area contributed by atoms with Crippen molar-refractivity contribution in [3.05, 3.63) is 88.0 Å². The van der Waals surface area contributed by atoms with E-state index in [4.69, 9.17) is 27.9 Å². The Kier molecular flexibility index (Phi) is 6.21. The molecular weight excluding hydrogens is 433 g/mol. The first-order valence-corrected chi connectivity index (χ1v) is 10.7. The van der Waals surface area contributed by atoms with Gasteiger partial charge in [-0.3, -0.25) is 4.79 Å². The topological polar surface area (TPSA) is 62.3 Å². The van der Waals surface area contributed by atoms with Crippen molar-refractivity contribution in [2.75, 3.05) is 0 Å². The number of aliphatic carboxylic acids is 1. The summed E-state index contributed by atoms with van der Waals surface area (Å²) in [5, 5.41) is 11.3. The van der Waals surface area contributed by atoms with Gasteiger partial charge in [-0.15, -0.1) is 0 Å². The Hall–Kier alpha value is -2.95. The second-order valence-electron chi connectivity index (χ2n) is 7.56. The number of hydrogen-bond donors (Lipinski definition) is 2. The van der Waals surface area contributed by atoms with E-state index in [9.17, 15) is 9.90 Å². The van der Waals surface area contributed by atoms with E-state index in [1.54, 1.807) is 13.0 Å². The van der Waals surface area contributed by atoms with E-state index < -0.39 is 11.9 Å². The lowest BCUT2D eigenvalue weighted by molar-refractivity contribution is -0.141. The summed E-state index contributed by atoms with van der Waals surface area (Å²) in [6.07, 6.45) is 2.34. The number of rotatable bonds is 7. The minimum Gasteiger partial charge on any atom is -0.488 e. The molecule has 0 saturated heterocycles. The van der Waals surface area contributed by atoms with Gasteiger partial charge < -0.3 is 14.8 Å². The van der Waals surface area contributed by atoms with Gasteiger partial charge in [0.15, 0.2) is 0 Å². The second-order valence-corrected chi connectivity index (χ2v) is 8.34. The number of fused-ring (bicyclic) bond motifs is 1. The number of halogens is 2. The molecule has 0 spiro atoms. The lowest BCUT2D eigenvalue weighted by Gasteiger charge is -2.15. The lowest BCUT2D eigenvalue weighted by Crippen LogP contribution is -2.12. The van der Waals surface area contributed by atoms with Gasteiger partial charge in [-0.05, 0) is 59.3 Å². The van der Waals surface area contributed by atoms with Crippen molar-refractivity contribution in [1.82, 2.24) is 4.98 Å². The largest absolute Gasteiger partial charge is 0.488 e. The number of ether oxygens (including phenoxy) is 1. The van der Waals surface area contributed by atoms with Crippen LogP contribution in [0.1, 0.15) is 18.1 Å². The molecule has 1 unspecified atom stereocenters. The van der Waals surface area contributed by atoms with E-state index in [1.807, 2.05) is 54.7 Å². The fourth-order valence-corrected chi connectivity index (χ4v) is 3.91. The van der Waals surface area contributed by atoms with Crippen LogP contribution >= 0.6 is 23.2 Å². The van der Waals surface area contributed by atoms with Crippen molar-refractivity contribution in [1.29, 1.82) is 0 Å². The molecule has 0 aliphatic rings. The van der Waals surface area contributed by atoms with Crippen molar-refractivity contribution in [2.24, 2.45) is 5.92 Å². The van der Waals surface area contributed by atoms with E-state index in [-0.39, 0.29) is 6.61 Å². The van der Waals surface area contributed by atoms with Gasteiger partial charge in [0, 0.05) is 22.8 Å². The van der Waals surface area contributed by atoms with Gasteiger partial charge in [0.05, 0.1) is 16.0 Å². The third kappa shape index (κ3) is 4.71. The summed E-state index contributed by atoms with van der Waals surface area (Å²) < 4.78 is 6.15. The number of carbonyl (C=O) groups is 1. The molecule has 1 aromatic heterocycles. The molecule has 0 saturated carbocycles. The molecule has 0 bridgehead atoms. The molecule has 4 rings (SSSR count). The third-order valence-electron chi connectivity index (χ3n) is 5.29. The van der Waals surface area contributed by atoms with Crippen LogP contribution < -0.4 is 4.74 Å². The predicted octanol–water partition coefficient (Wildman–Crippen LogP) is 6.98. The number of carboxylic acid groups (broad SMARTS) is 1. The molecule has 158 valence electrons. The van der Waals surface area contributed by atoms with E-state index in [2.05, 4.69) is 11.1 Å². The van der Waals surface area contributed by atoms with Crippen LogP contribution in [0.5, 0.6) is 5.75 Å². The monoisotopic (exact) mass is 453 g/mol. The standard InChI is InChI=1S/C25H21Cl2NO3/c1-15(25(29)30)11-16-5-8-23(31-14-19-3-2-4-21(26)24(19)27)20(12-16)17-6-7-22-18(13-17)9-10-28-22/h2-10,12-13,15,28H,11,14H2,1H3,(H,29,30). The molecule has 0 amide bonds. The number of H-pyrrole nitrogens is 1. The van der Waals surface area contributed by atoms with Gasteiger partial charge in [-0.25, -0.2) is 0 Å². The van der Waals surface area contributed by atoms with Gasteiger partial charge in [-0.1, -0.05) is 54.4 Å². The quantitative estimate of drug-likeness (QED) is 0.317. The highest BCUT2D eigenvalue weighted by atomic mass is 35.5. The maximum absolute atomic E-state index is 11.3. The minimum atomic E-state index is -0.814. The van der Waals surface area contributed by atoms with Gasteiger partial charge in [-0.2, -0.15) is 0 Å². The first kappa shape index (κ1) is 21.3. The van der Waals surface area contributed by atoms with Crippen molar-refractivity contribution in [3.8, 4) is 16.9 Å². The van der Waals surface area contributed by atoms with Crippen LogP contribution in [0.25, 0.3) is 22.0 Å². The summed E-state index contributed by atoms with van der Waals surface area (Å²) in [5.74, 6) is -0.596. The van der Waals surface area contributed by atoms with Crippen molar-refractivity contribution < 1.29 is 14.6 Å². The first-order valence-electron chi connectivity index (χ1n) is 9.91. The van der Waals surface area contributed by atoms with Crippen LogP contribution in [0.4, 0.5) is 0 Å². The fraction of sp³-hybridized carbons (Fsp3) is 0.160. The molecule has 6 heteroatoms.